The zero-order chi connectivity index (χ0) is 13.7. The summed E-state index contributed by atoms with van der Waals surface area (Å²) in [6.07, 6.45) is 1.09. The van der Waals surface area contributed by atoms with Gasteiger partial charge in [0.05, 0.1) is 12.5 Å². The third-order valence-corrected chi connectivity index (χ3v) is 2.77. The highest BCUT2D eigenvalue weighted by Crippen LogP contribution is 2.22. The molecule has 0 N–H and O–H groups in total. The zero-order valence-corrected chi connectivity index (χ0v) is 11.1. The van der Waals surface area contributed by atoms with Gasteiger partial charge in [-0.3, -0.25) is 0 Å². The maximum absolute atomic E-state index is 8.82. The van der Waals surface area contributed by atoms with E-state index in [9.17, 15) is 0 Å². The molecule has 0 saturated carbocycles. The molecule has 1 heterocycles. The minimum Gasteiger partial charge on any atom is -0.334 e. The number of likely N-dealkylation sites (N-methyl/N-ethyl adjacent to an activating group) is 1. The standard InChI is InChI=1S/C14H16N4O/c1-18(2)10-8-13-16-14(19-17-13)12-6-4-3-5-11(12)7-9-15/h3-6H,7-8,10H2,1-2H3. The molecule has 0 aliphatic heterocycles. The van der Waals surface area contributed by atoms with Gasteiger partial charge in [0.1, 0.15) is 0 Å². The van der Waals surface area contributed by atoms with Crippen molar-refractivity contribution in [2.45, 2.75) is 12.8 Å². The summed E-state index contributed by atoms with van der Waals surface area (Å²) in [4.78, 5) is 6.45. The molecule has 0 aliphatic rings. The molecule has 19 heavy (non-hydrogen) atoms. The number of rotatable bonds is 5. The third-order valence-electron chi connectivity index (χ3n) is 2.77. The fourth-order valence-corrected chi connectivity index (χ4v) is 1.76. The van der Waals surface area contributed by atoms with Crippen LogP contribution < -0.4 is 0 Å². The van der Waals surface area contributed by atoms with E-state index >= 15 is 0 Å². The van der Waals surface area contributed by atoms with E-state index in [2.05, 4.69) is 21.1 Å². The summed E-state index contributed by atoms with van der Waals surface area (Å²) in [7, 11) is 4.01. The molecule has 2 aromatic rings. The van der Waals surface area contributed by atoms with Crippen LogP contribution >= 0.6 is 0 Å². The summed E-state index contributed by atoms with van der Waals surface area (Å²) in [5, 5.41) is 12.8. The monoisotopic (exact) mass is 256 g/mol. The number of hydrogen-bond acceptors (Lipinski definition) is 5. The Bertz CT molecular complexity index is 583. The van der Waals surface area contributed by atoms with Gasteiger partial charge in [-0.15, -0.1) is 0 Å². The van der Waals surface area contributed by atoms with Gasteiger partial charge in [-0.25, -0.2) is 0 Å². The Morgan fingerprint density at radius 2 is 2.11 bits per heavy atom. The van der Waals surface area contributed by atoms with Crippen LogP contribution in [0.4, 0.5) is 0 Å². The third kappa shape index (κ3) is 3.39. The van der Waals surface area contributed by atoms with Crippen LogP contribution in [0.2, 0.25) is 0 Å². The molecule has 0 atom stereocenters. The minimum absolute atomic E-state index is 0.339. The summed E-state index contributed by atoms with van der Waals surface area (Å²) < 4.78 is 5.28. The SMILES string of the molecule is CN(C)CCc1noc(-c2ccccc2CC#N)n1. The zero-order valence-electron chi connectivity index (χ0n) is 11.1. The molecular formula is C14H16N4O. The Morgan fingerprint density at radius 3 is 2.84 bits per heavy atom. The van der Waals surface area contributed by atoms with Crippen LogP contribution in [-0.2, 0) is 12.8 Å². The molecule has 0 amide bonds. The molecule has 5 heteroatoms. The van der Waals surface area contributed by atoms with Crippen molar-refractivity contribution in [2.75, 3.05) is 20.6 Å². The summed E-state index contributed by atoms with van der Waals surface area (Å²) in [6.45, 7) is 0.874. The second-order valence-corrected chi connectivity index (χ2v) is 4.56. The first kappa shape index (κ1) is 13.2. The van der Waals surface area contributed by atoms with E-state index in [0.29, 0.717) is 18.1 Å². The molecular weight excluding hydrogens is 240 g/mol. The summed E-state index contributed by atoms with van der Waals surface area (Å²) in [6, 6.07) is 9.75. The smallest absolute Gasteiger partial charge is 0.258 e. The number of aromatic nitrogens is 2. The highest BCUT2D eigenvalue weighted by atomic mass is 16.5. The van der Waals surface area contributed by atoms with Crippen molar-refractivity contribution in [3.63, 3.8) is 0 Å². The maximum atomic E-state index is 8.82. The molecule has 0 bridgehead atoms. The first-order valence-electron chi connectivity index (χ1n) is 6.13. The van der Waals surface area contributed by atoms with Gasteiger partial charge in [0, 0.05) is 18.5 Å². The van der Waals surface area contributed by atoms with Crippen molar-refractivity contribution in [1.29, 1.82) is 5.26 Å². The normalized spacial score (nSPS) is 10.6. The largest absolute Gasteiger partial charge is 0.334 e. The van der Waals surface area contributed by atoms with Crippen molar-refractivity contribution in [2.24, 2.45) is 0 Å². The lowest BCUT2D eigenvalue weighted by molar-refractivity contribution is 0.392. The fourth-order valence-electron chi connectivity index (χ4n) is 1.76. The lowest BCUT2D eigenvalue weighted by Gasteiger charge is -2.05. The van der Waals surface area contributed by atoms with Crippen LogP contribution in [0.3, 0.4) is 0 Å². The minimum atomic E-state index is 0.339. The summed E-state index contributed by atoms with van der Waals surface area (Å²) in [5.41, 5.74) is 1.75. The van der Waals surface area contributed by atoms with Gasteiger partial charge >= 0.3 is 0 Å². The van der Waals surface area contributed by atoms with Gasteiger partial charge in [-0.1, -0.05) is 23.4 Å². The first-order valence-corrected chi connectivity index (χ1v) is 6.13. The van der Waals surface area contributed by atoms with Crippen LogP contribution in [0.15, 0.2) is 28.8 Å². The van der Waals surface area contributed by atoms with Crippen LogP contribution in [-0.4, -0.2) is 35.7 Å². The summed E-state index contributed by atoms with van der Waals surface area (Å²) in [5.74, 6) is 1.18. The molecule has 1 aromatic heterocycles. The van der Waals surface area contributed by atoms with Gasteiger partial charge < -0.3 is 9.42 Å². The molecule has 0 radical (unpaired) electrons. The second-order valence-electron chi connectivity index (χ2n) is 4.56. The van der Waals surface area contributed by atoms with Crippen molar-refractivity contribution >= 4 is 0 Å². The van der Waals surface area contributed by atoms with Gasteiger partial charge in [-0.2, -0.15) is 10.2 Å². The van der Waals surface area contributed by atoms with Crippen LogP contribution in [0.1, 0.15) is 11.4 Å². The van der Waals surface area contributed by atoms with E-state index < -0.39 is 0 Å². The van der Waals surface area contributed by atoms with Crippen molar-refractivity contribution < 1.29 is 4.52 Å². The number of nitrogens with zero attached hydrogens (tertiary/aromatic N) is 4. The molecule has 1 aromatic carbocycles. The molecule has 0 saturated heterocycles. The number of benzene rings is 1. The average molecular weight is 256 g/mol. The highest BCUT2D eigenvalue weighted by molar-refractivity contribution is 5.58. The Balaban J connectivity index is 2.21. The van der Waals surface area contributed by atoms with E-state index in [0.717, 1.165) is 24.1 Å². The maximum Gasteiger partial charge on any atom is 0.258 e. The lowest BCUT2D eigenvalue weighted by atomic mass is 10.1. The molecule has 0 fully saturated rings. The molecule has 5 nitrogen and oxygen atoms in total. The van der Waals surface area contributed by atoms with E-state index in [1.165, 1.54) is 0 Å². The number of hydrogen-bond donors (Lipinski definition) is 0. The van der Waals surface area contributed by atoms with Crippen molar-refractivity contribution in [3.8, 4) is 17.5 Å². The van der Waals surface area contributed by atoms with Crippen LogP contribution in [0.25, 0.3) is 11.5 Å². The van der Waals surface area contributed by atoms with E-state index in [1.807, 2.05) is 38.4 Å². The Morgan fingerprint density at radius 1 is 1.32 bits per heavy atom. The van der Waals surface area contributed by atoms with E-state index in [-0.39, 0.29) is 0 Å². The Hall–Kier alpha value is -2.19. The van der Waals surface area contributed by atoms with Crippen LogP contribution in [0.5, 0.6) is 0 Å². The van der Waals surface area contributed by atoms with Gasteiger partial charge in [0.15, 0.2) is 5.82 Å². The quantitative estimate of drug-likeness (QED) is 0.817. The predicted octanol–water partition coefficient (Wildman–Crippen LogP) is 1.91. The molecule has 0 unspecified atom stereocenters. The summed E-state index contributed by atoms with van der Waals surface area (Å²) >= 11 is 0. The highest BCUT2D eigenvalue weighted by Gasteiger charge is 2.12. The fraction of sp³-hybridized carbons (Fsp3) is 0.357. The molecule has 98 valence electrons. The number of nitriles is 1. The molecule has 0 aliphatic carbocycles. The molecule has 2 rings (SSSR count). The molecule has 0 spiro atoms. The Kier molecular flexibility index (Phi) is 4.26. The van der Waals surface area contributed by atoms with Crippen molar-refractivity contribution in [3.05, 3.63) is 35.7 Å². The van der Waals surface area contributed by atoms with E-state index in [1.54, 1.807) is 0 Å². The van der Waals surface area contributed by atoms with Gasteiger partial charge in [-0.05, 0) is 25.7 Å². The van der Waals surface area contributed by atoms with Gasteiger partial charge in [0.2, 0.25) is 0 Å². The average Bonchev–Trinajstić information content (AvgIpc) is 2.86. The van der Waals surface area contributed by atoms with Crippen molar-refractivity contribution in [1.82, 2.24) is 15.0 Å². The van der Waals surface area contributed by atoms with E-state index in [4.69, 9.17) is 9.78 Å². The van der Waals surface area contributed by atoms with Crippen LogP contribution in [0, 0.1) is 11.3 Å². The van der Waals surface area contributed by atoms with Gasteiger partial charge in [0.25, 0.3) is 5.89 Å². The lowest BCUT2D eigenvalue weighted by Crippen LogP contribution is -2.15. The Labute approximate surface area is 112 Å². The predicted molar refractivity (Wildman–Crippen MR) is 71.3 cm³/mol. The topological polar surface area (TPSA) is 66.0 Å². The second kappa shape index (κ2) is 6.12. The first-order chi connectivity index (χ1) is 9.20.